The Morgan fingerprint density at radius 2 is 2.44 bits per heavy atom. The molecule has 0 fully saturated rings. The minimum atomic E-state index is -0.719. The third-order valence-corrected chi connectivity index (χ3v) is 4.79. The molecule has 16 heavy (non-hydrogen) atoms. The van der Waals surface area contributed by atoms with Gasteiger partial charge in [0.15, 0.2) is 0 Å². The van der Waals surface area contributed by atoms with Crippen molar-refractivity contribution >= 4 is 38.9 Å². The van der Waals surface area contributed by atoms with Gasteiger partial charge in [-0.2, -0.15) is 0 Å². The third-order valence-electron chi connectivity index (χ3n) is 2.27. The van der Waals surface area contributed by atoms with Gasteiger partial charge < -0.3 is 9.67 Å². The fourth-order valence-electron chi connectivity index (χ4n) is 1.46. The summed E-state index contributed by atoms with van der Waals surface area (Å²) in [6.45, 7) is 2.79. The van der Waals surface area contributed by atoms with Gasteiger partial charge in [0.1, 0.15) is 16.3 Å². The summed E-state index contributed by atoms with van der Waals surface area (Å²) in [4.78, 5) is 4.95. The number of rotatable bonds is 3. The van der Waals surface area contributed by atoms with Crippen molar-refractivity contribution in [3.8, 4) is 0 Å². The lowest BCUT2D eigenvalue weighted by atomic mass is 10.3. The largest absolute Gasteiger partial charge is 0.380 e. The summed E-state index contributed by atoms with van der Waals surface area (Å²) in [5.41, 5.74) is 0. The molecule has 1 N–H and O–H groups in total. The Morgan fingerprint density at radius 1 is 1.69 bits per heavy atom. The molecule has 0 saturated heterocycles. The van der Waals surface area contributed by atoms with Gasteiger partial charge in [0, 0.05) is 28.3 Å². The highest BCUT2D eigenvalue weighted by molar-refractivity contribution is 9.10. The maximum Gasteiger partial charge on any atom is 0.146 e. The molecule has 0 bridgehead atoms. The van der Waals surface area contributed by atoms with Crippen LogP contribution < -0.4 is 0 Å². The second-order valence-corrected chi connectivity index (χ2v) is 5.78. The molecule has 6 heteroatoms. The van der Waals surface area contributed by atoms with Gasteiger partial charge in [-0.15, -0.1) is 11.3 Å². The van der Waals surface area contributed by atoms with Gasteiger partial charge in [-0.05, 0) is 28.9 Å². The molecule has 0 saturated carbocycles. The first-order chi connectivity index (χ1) is 7.63. The van der Waals surface area contributed by atoms with Crippen molar-refractivity contribution in [3.05, 3.63) is 38.0 Å². The fourth-order valence-corrected chi connectivity index (χ4v) is 3.18. The summed E-state index contributed by atoms with van der Waals surface area (Å²) in [5.74, 6) is 0.646. The van der Waals surface area contributed by atoms with E-state index in [-0.39, 0.29) is 0 Å². The Hall–Kier alpha value is -0.360. The van der Waals surface area contributed by atoms with Crippen molar-refractivity contribution in [1.29, 1.82) is 0 Å². The molecule has 0 aliphatic heterocycles. The van der Waals surface area contributed by atoms with Crippen LogP contribution in [0.3, 0.4) is 0 Å². The van der Waals surface area contributed by atoms with E-state index in [0.29, 0.717) is 10.2 Å². The molecule has 1 atom stereocenters. The topological polar surface area (TPSA) is 38.0 Å². The van der Waals surface area contributed by atoms with Crippen LogP contribution >= 0.6 is 38.9 Å². The summed E-state index contributed by atoms with van der Waals surface area (Å²) in [5, 5.41) is 10.2. The minimum Gasteiger partial charge on any atom is -0.380 e. The van der Waals surface area contributed by atoms with E-state index in [1.54, 1.807) is 6.20 Å². The number of hydrogen-bond acceptors (Lipinski definition) is 3. The first kappa shape index (κ1) is 12.1. The van der Waals surface area contributed by atoms with E-state index < -0.39 is 6.10 Å². The second kappa shape index (κ2) is 4.87. The molecule has 0 amide bonds. The molecule has 0 aromatic carbocycles. The average molecular weight is 322 g/mol. The van der Waals surface area contributed by atoms with E-state index in [1.165, 1.54) is 11.3 Å². The van der Waals surface area contributed by atoms with Crippen LogP contribution in [0.2, 0.25) is 4.34 Å². The predicted octanol–water partition coefficient (Wildman–Crippen LogP) is 3.46. The maximum atomic E-state index is 10.2. The van der Waals surface area contributed by atoms with Crippen LogP contribution in [0, 0.1) is 0 Å². The molecule has 3 nitrogen and oxygen atoms in total. The Balaban J connectivity index is 2.35. The molecule has 0 aliphatic rings. The molecular weight excluding hydrogens is 312 g/mol. The number of aromatic nitrogens is 2. The van der Waals surface area contributed by atoms with Gasteiger partial charge in [0.05, 0.1) is 0 Å². The van der Waals surface area contributed by atoms with Gasteiger partial charge in [-0.25, -0.2) is 4.98 Å². The number of nitrogens with zero attached hydrogens (tertiary/aromatic N) is 2. The Bertz CT molecular complexity index is 477. The zero-order valence-electron chi connectivity index (χ0n) is 8.52. The number of halogens is 2. The highest BCUT2D eigenvalue weighted by Crippen LogP contribution is 2.36. The molecular formula is C10H10BrClN2OS. The third kappa shape index (κ3) is 2.18. The van der Waals surface area contributed by atoms with E-state index in [2.05, 4.69) is 20.9 Å². The SMILES string of the molecule is CCn1ccnc1C(O)c1cc(Br)c(Cl)s1. The first-order valence-electron chi connectivity index (χ1n) is 4.77. The normalized spacial score (nSPS) is 13.0. The van der Waals surface area contributed by atoms with Gasteiger partial charge in [-0.1, -0.05) is 11.6 Å². The predicted molar refractivity (Wildman–Crippen MR) is 69.0 cm³/mol. The summed E-state index contributed by atoms with van der Waals surface area (Å²) in [7, 11) is 0. The van der Waals surface area contributed by atoms with E-state index in [0.717, 1.165) is 15.9 Å². The molecule has 2 rings (SSSR count). The zero-order valence-corrected chi connectivity index (χ0v) is 11.7. The number of aliphatic hydroxyl groups is 1. The molecule has 2 aromatic heterocycles. The number of thiophene rings is 1. The monoisotopic (exact) mass is 320 g/mol. The van der Waals surface area contributed by atoms with Gasteiger partial charge in [0.2, 0.25) is 0 Å². The van der Waals surface area contributed by atoms with Gasteiger partial charge >= 0.3 is 0 Å². The summed E-state index contributed by atoms with van der Waals surface area (Å²) in [6, 6.07) is 1.83. The summed E-state index contributed by atoms with van der Waals surface area (Å²) >= 11 is 10.6. The van der Waals surface area contributed by atoms with E-state index in [4.69, 9.17) is 11.6 Å². The van der Waals surface area contributed by atoms with E-state index >= 15 is 0 Å². The Labute approximate surface area is 111 Å². The number of hydrogen-bond donors (Lipinski definition) is 1. The molecule has 0 aliphatic carbocycles. The lowest BCUT2D eigenvalue weighted by Gasteiger charge is -2.09. The highest BCUT2D eigenvalue weighted by Gasteiger charge is 2.19. The van der Waals surface area contributed by atoms with Crippen LogP contribution in [0.4, 0.5) is 0 Å². The van der Waals surface area contributed by atoms with Crippen molar-refractivity contribution in [2.24, 2.45) is 0 Å². The second-order valence-electron chi connectivity index (χ2n) is 3.24. The van der Waals surface area contributed by atoms with Crippen LogP contribution in [-0.2, 0) is 6.54 Å². The molecule has 0 spiro atoms. The smallest absolute Gasteiger partial charge is 0.146 e. The quantitative estimate of drug-likeness (QED) is 0.940. The van der Waals surface area contributed by atoms with Crippen molar-refractivity contribution in [2.45, 2.75) is 19.6 Å². The maximum absolute atomic E-state index is 10.2. The van der Waals surface area contributed by atoms with Crippen molar-refractivity contribution in [1.82, 2.24) is 9.55 Å². The number of aryl methyl sites for hydroxylation is 1. The van der Waals surface area contributed by atoms with Crippen LogP contribution in [0.1, 0.15) is 23.7 Å². The number of imidazole rings is 1. The van der Waals surface area contributed by atoms with E-state index in [9.17, 15) is 5.11 Å². The molecule has 2 aromatic rings. The molecule has 1 unspecified atom stereocenters. The van der Waals surface area contributed by atoms with Crippen molar-refractivity contribution in [3.63, 3.8) is 0 Å². The highest BCUT2D eigenvalue weighted by atomic mass is 79.9. The lowest BCUT2D eigenvalue weighted by molar-refractivity contribution is 0.208. The van der Waals surface area contributed by atoms with Gasteiger partial charge in [0.25, 0.3) is 0 Å². The van der Waals surface area contributed by atoms with E-state index in [1.807, 2.05) is 23.8 Å². The molecule has 0 radical (unpaired) electrons. The van der Waals surface area contributed by atoms with Crippen LogP contribution in [0.25, 0.3) is 0 Å². The van der Waals surface area contributed by atoms with Gasteiger partial charge in [-0.3, -0.25) is 0 Å². The van der Waals surface area contributed by atoms with Crippen LogP contribution in [0.15, 0.2) is 22.9 Å². The summed E-state index contributed by atoms with van der Waals surface area (Å²) < 4.78 is 3.36. The minimum absolute atomic E-state index is 0.642. The fraction of sp³-hybridized carbons (Fsp3) is 0.300. The first-order valence-corrected chi connectivity index (χ1v) is 6.76. The van der Waals surface area contributed by atoms with Crippen LogP contribution in [-0.4, -0.2) is 14.7 Å². The average Bonchev–Trinajstić information content (AvgIpc) is 2.85. The van der Waals surface area contributed by atoms with Crippen LogP contribution in [0.5, 0.6) is 0 Å². The number of aliphatic hydroxyl groups excluding tert-OH is 1. The lowest BCUT2D eigenvalue weighted by Crippen LogP contribution is -2.07. The Kier molecular flexibility index (Phi) is 3.69. The molecule has 2 heterocycles. The zero-order chi connectivity index (χ0) is 11.7. The van der Waals surface area contributed by atoms with Crippen molar-refractivity contribution < 1.29 is 5.11 Å². The Morgan fingerprint density at radius 3 is 3.00 bits per heavy atom. The summed E-state index contributed by atoms with van der Waals surface area (Å²) in [6.07, 6.45) is 2.82. The van der Waals surface area contributed by atoms with Crippen molar-refractivity contribution in [2.75, 3.05) is 0 Å². The molecule has 86 valence electrons. The standard InChI is InChI=1S/C10H10BrClN2OS/c1-2-14-4-3-13-10(14)8(15)7-5-6(11)9(12)16-7/h3-5,8,15H,2H2,1H3.